The van der Waals surface area contributed by atoms with E-state index in [1.807, 2.05) is 0 Å². The lowest BCUT2D eigenvalue weighted by atomic mass is 10.2. The third-order valence-electron chi connectivity index (χ3n) is 2.24. The van der Waals surface area contributed by atoms with Crippen molar-refractivity contribution in [1.82, 2.24) is 0 Å². The van der Waals surface area contributed by atoms with Crippen LogP contribution in [-0.4, -0.2) is 46.0 Å². The minimum Gasteiger partial charge on any atom is -0.465 e. The van der Waals surface area contributed by atoms with E-state index in [2.05, 4.69) is 4.74 Å². The highest BCUT2D eigenvalue weighted by molar-refractivity contribution is 7.93. The van der Waals surface area contributed by atoms with Gasteiger partial charge in [-0.25, -0.2) is 13.2 Å². The normalized spacial score (nSPS) is 12.1. The molecule has 7 nitrogen and oxygen atoms in total. The summed E-state index contributed by atoms with van der Waals surface area (Å²) in [5.41, 5.74) is 0.177. The van der Waals surface area contributed by atoms with Gasteiger partial charge in [-0.3, -0.25) is 4.55 Å². The lowest BCUT2D eigenvalue weighted by molar-refractivity contribution is 0.0600. The highest BCUT2D eigenvalue weighted by atomic mass is 32.2. The van der Waals surface area contributed by atoms with Gasteiger partial charge in [-0.05, 0) is 24.3 Å². The van der Waals surface area contributed by atoms with Gasteiger partial charge < -0.3 is 4.74 Å². The molecule has 0 aliphatic rings. The number of ether oxygens (including phenoxy) is 1. The van der Waals surface area contributed by atoms with Crippen molar-refractivity contribution < 1.29 is 30.9 Å². The van der Waals surface area contributed by atoms with Crippen LogP contribution in [0.3, 0.4) is 0 Å². The Bertz CT molecular complexity index is 656. The first-order valence-electron chi connectivity index (χ1n) is 5.02. The van der Waals surface area contributed by atoms with Crippen molar-refractivity contribution in [2.45, 2.75) is 4.90 Å². The van der Waals surface area contributed by atoms with Gasteiger partial charge in [-0.2, -0.15) is 8.42 Å². The molecule has 1 aromatic rings. The van der Waals surface area contributed by atoms with Crippen molar-refractivity contribution in [3.05, 3.63) is 29.8 Å². The van der Waals surface area contributed by atoms with Crippen LogP contribution in [0.5, 0.6) is 0 Å². The maximum atomic E-state index is 11.7. The monoisotopic (exact) mass is 308 g/mol. The molecule has 0 atom stereocenters. The quantitative estimate of drug-likeness (QED) is 0.607. The summed E-state index contributed by atoms with van der Waals surface area (Å²) in [5.74, 6) is -2.22. The molecule has 0 fully saturated rings. The van der Waals surface area contributed by atoms with E-state index >= 15 is 0 Å². The number of carbonyl (C=O) groups excluding carboxylic acids is 1. The highest BCUT2D eigenvalue weighted by Gasteiger charge is 2.18. The van der Waals surface area contributed by atoms with Gasteiger partial charge in [0.2, 0.25) is 0 Å². The molecule has 0 heterocycles. The van der Waals surface area contributed by atoms with E-state index < -0.39 is 37.4 Å². The Balaban J connectivity index is 2.94. The molecule has 1 rings (SSSR count). The fourth-order valence-corrected chi connectivity index (χ4v) is 3.76. The zero-order valence-corrected chi connectivity index (χ0v) is 11.6. The first-order valence-corrected chi connectivity index (χ1v) is 8.28. The van der Waals surface area contributed by atoms with E-state index in [0.29, 0.717) is 0 Å². The Hall–Kier alpha value is -1.45. The van der Waals surface area contributed by atoms with Crippen LogP contribution < -0.4 is 0 Å². The van der Waals surface area contributed by atoms with Crippen LogP contribution >= 0.6 is 0 Å². The Labute approximate surface area is 110 Å². The van der Waals surface area contributed by atoms with Gasteiger partial charge in [0.15, 0.2) is 9.84 Å². The van der Waals surface area contributed by atoms with Crippen molar-refractivity contribution in [2.75, 3.05) is 18.6 Å². The number of rotatable bonds is 5. The Morgan fingerprint density at radius 3 is 2.05 bits per heavy atom. The summed E-state index contributed by atoms with van der Waals surface area (Å²) in [7, 11) is -6.98. The first kappa shape index (κ1) is 15.6. The van der Waals surface area contributed by atoms with Crippen LogP contribution in [0, 0.1) is 0 Å². The fourth-order valence-electron chi connectivity index (χ4n) is 1.25. The van der Waals surface area contributed by atoms with E-state index in [1.165, 1.54) is 31.4 Å². The summed E-state index contributed by atoms with van der Waals surface area (Å²) in [4.78, 5) is 11.0. The molecule has 0 aliphatic carbocycles. The van der Waals surface area contributed by atoms with Crippen molar-refractivity contribution >= 4 is 25.9 Å². The van der Waals surface area contributed by atoms with Crippen molar-refractivity contribution in [3.8, 4) is 0 Å². The zero-order chi connectivity index (χ0) is 14.7. The molecular weight excluding hydrogens is 296 g/mol. The maximum Gasteiger partial charge on any atom is 0.337 e. The van der Waals surface area contributed by atoms with E-state index in [0.717, 1.165) is 0 Å². The second-order valence-corrected chi connectivity index (χ2v) is 7.30. The molecule has 0 aromatic heterocycles. The van der Waals surface area contributed by atoms with E-state index in [9.17, 15) is 21.6 Å². The number of sulfone groups is 1. The van der Waals surface area contributed by atoms with Crippen LogP contribution in [0.15, 0.2) is 29.2 Å². The van der Waals surface area contributed by atoms with Crippen LogP contribution in [0.2, 0.25) is 0 Å². The number of benzene rings is 1. The lowest BCUT2D eigenvalue weighted by Crippen LogP contribution is -2.16. The predicted octanol–water partition coefficient (Wildman–Crippen LogP) is 0.135. The molecule has 0 radical (unpaired) electrons. The Kier molecular flexibility index (Phi) is 4.66. The van der Waals surface area contributed by atoms with Crippen LogP contribution in [0.1, 0.15) is 10.4 Å². The molecule has 19 heavy (non-hydrogen) atoms. The van der Waals surface area contributed by atoms with E-state index in [4.69, 9.17) is 4.55 Å². The van der Waals surface area contributed by atoms with Gasteiger partial charge in [-0.15, -0.1) is 0 Å². The Morgan fingerprint density at radius 1 is 1.11 bits per heavy atom. The minimum atomic E-state index is -4.34. The first-order chi connectivity index (χ1) is 8.65. The minimum absolute atomic E-state index is 0.135. The van der Waals surface area contributed by atoms with Gasteiger partial charge in [-0.1, -0.05) is 0 Å². The third kappa shape index (κ3) is 4.62. The molecule has 106 valence electrons. The van der Waals surface area contributed by atoms with Crippen molar-refractivity contribution in [1.29, 1.82) is 0 Å². The number of carbonyl (C=O) groups is 1. The highest BCUT2D eigenvalue weighted by Crippen LogP contribution is 2.13. The molecule has 0 unspecified atom stereocenters. The van der Waals surface area contributed by atoms with Gasteiger partial charge in [0.1, 0.15) is 0 Å². The average molecular weight is 308 g/mol. The summed E-state index contributed by atoms with van der Waals surface area (Å²) in [6.45, 7) is 0. The molecule has 1 N–H and O–H groups in total. The molecule has 0 saturated heterocycles. The fraction of sp³-hybridized carbons (Fsp3) is 0.300. The molecule has 0 amide bonds. The van der Waals surface area contributed by atoms with Gasteiger partial charge in [0.25, 0.3) is 10.1 Å². The lowest BCUT2D eigenvalue weighted by Gasteiger charge is -2.04. The van der Waals surface area contributed by atoms with Crippen molar-refractivity contribution in [3.63, 3.8) is 0 Å². The summed E-state index contributed by atoms with van der Waals surface area (Å²) in [6.07, 6.45) is 0. The van der Waals surface area contributed by atoms with Gasteiger partial charge >= 0.3 is 5.97 Å². The number of hydrogen-bond donors (Lipinski definition) is 1. The molecule has 9 heteroatoms. The molecule has 1 aromatic carbocycles. The standard InChI is InChI=1S/C10H12O7S2/c1-17-10(11)8-2-4-9(5-3-8)18(12,13)6-7-19(14,15)16/h2-5H,6-7H2,1H3,(H,14,15,16). The average Bonchev–Trinajstić information content (AvgIpc) is 2.35. The number of hydrogen-bond acceptors (Lipinski definition) is 6. The smallest absolute Gasteiger partial charge is 0.337 e. The predicted molar refractivity (Wildman–Crippen MR) is 66.2 cm³/mol. The summed E-state index contributed by atoms with van der Waals surface area (Å²) in [5, 5.41) is 0. The molecule has 0 saturated carbocycles. The Morgan fingerprint density at radius 2 is 1.63 bits per heavy atom. The molecule has 0 aliphatic heterocycles. The van der Waals surface area contributed by atoms with E-state index in [-0.39, 0.29) is 10.5 Å². The van der Waals surface area contributed by atoms with Gasteiger partial charge in [0.05, 0.1) is 29.1 Å². The van der Waals surface area contributed by atoms with Crippen LogP contribution in [0.4, 0.5) is 0 Å². The second kappa shape index (κ2) is 5.68. The zero-order valence-electron chi connectivity index (χ0n) is 9.94. The summed E-state index contributed by atoms with van der Waals surface area (Å²) < 4.78 is 57.5. The number of esters is 1. The topological polar surface area (TPSA) is 115 Å². The maximum absolute atomic E-state index is 11.7. The van der Waals surface area contributed by atoms with E-state index in [1.54, 1.807) is 0 Å². The SMILES string of the molecule is COC(=O)c1ccc(S(=O)(=O)CCS(=O)(=O)O)cc1. The largest absolute Gasteiger partial charge is 0.465 e. The van der Waals surface area contributed by atoms with Crippen molar-refractivity contribution in [2.24, 2.45) is 0 Å². The number of methoxy groups -OCH3 is 1. The van der Waals surface area contributed by atoms with Crippen LogP contribution in [0.25, 0.3) is 0 Å². The molecule has 0 spiro atoms. The summed E-state index contributed by atoms with van der Waals surface area (Å²) in [6, 6.07) is 4.86. The summed E-state index contributed by atoms with van der Waals surface area (Å²) >= 11 is 0. The van der Waals surface area contributed by atoms with Crippen LogP contribution in [-0.2, 0) is 24.7 Å². The second-order valence-electron chi connectivity index (χ2n) is 3.62. The molecule has 0 bridgehead atoms. The molecular formula is C10H12O7S2. The van der Waals surface area contributed by atoms with Gasteiger partial charge in [0, 0.05) is 0 Å². The third-order valence-corrected chi connectivity index (χ3v) is 4.95.